The first-order chi connectivity index (χ1) is 10.8. The van der Waals surface area contributed by atoms with Crippen molar-refractivity contribution in [2.24, 2.45) is 0 Å². The van der Waals surface area contributed by atoms with Crippen LogP contribution < -0.4 is 5.32 Å². The van der Waals surface area contributed by atoms with E-state index in [-0.39, 0.29) is 0 Å². The van der Waals surface area contributed by atoms with Crippen LogP contribution in [0.5, 0.6) is 0 Å². The van der Waals surface area contributed by atoms with Crippen LogP contribution in [0.25, 0.3) is 10.9 Å². The van der Waals surface area contributed by atoms with Gasteiger partial charge >= 0.3 is 0 Å². The predicted molar refractivity (Wildman–Crippen MR) is 88.7 cm³/mol. The van der Waals surface area contributed by atoms with Gasteiger partial charge in [-0.15, -0.1) is 10.2 Å². The monoisotopic (exact) mass is 333 g/mol. The molecule has 3 rings (SSSR count). The lowest BCUT2D eigenvalue weighted by Gasteiger charge is -2.03. The van der Waals surface area contributed by atoms with Crippen molar-refractivity contribution in [2.45, 2.75) is 16.3 Å². The molecule has 0 bridgehead atoms. The molecule has 0 amide bonds. The van der Waals surface area contributed by atoms with Crippen LogP contribution in [-0.4, -0.2) is 40.4 Å². The summed E-state index contributed by atoms with van der Waals surface area (Å²) in [6, 6.07) is 6.15. The molecule has 0 aliphatic carbocycles. The lowest BCUT2D eigenvalue weighted by atomic mass is 10.2. The van der Waals surface area contributed by atoms with E-state index in [0.717, 1.165) is 25.4 Å². The summed E-state index contributed by atoms with van der Waals surface area (Å²) < 4.78 is 5.85. The highest BCUT2D eigenvalue weighted by molar-refractivity contribution is 8.01. The van der Waals surface area contributed by atoms with Gasteiger partial charge in [0.25, 0.3) is 0 Å². The van der Waals surface area contributed by atoms with E-state index in [4.69, 9.17) is 4.74 Å². The Labute approximate surface area is 136 Å². The number of nitrogens with one attached hydrogen (secondary N) is 1. The topological polar surface area (TPSA) is 72.8 Å². The van der Waals surface area contributed by atoms with Gasteiger partial charge in [0, 0.05) is 19.0 Å². The fraction of sp³-hybridized carbons (Fsp3) is 0.286. The molecule has 22 heavy (non-hydrogen) atoms. The van der Waals surface area contributed by atoms with Crippen LogP contribution in [0.2, 0.25) is 0 Å². The maximum Gasteiger partial charge on any atom is 0.206 e. The zero-order valence-corrected chi connectivity index (χ0v) is 13.9. The van der Waals surface area contributed by atoms with Crippen molar-refractivity contribution < 1.29 is 4.74 Å². The van der Waals surface area contributed by atoms with E-state index in [2.05, 4.69) is 38.5 Å². The Hall–Kier alpha value is -1.77. The molecule has 1 N–H and O–H groups in total. The molecule has 0 unspecified atom stereocenters. The van der Waals surface area contributed by atoms with Gasteiger partial charge in [-0.3, -0.25) is 0 Å². The van der Waals surface area contributed by atoms with E-state index >= 15 is 0 Å². The Morgan fingerprint density at radius 2 is 2.18 bits per heavy atom. The Balaban J connectivity index is 1.80. The Bertz CT molecular complexity index is 777. The molecule has 0 saturated heterocycles. The zero-order valence-electron chi connectivity index (χ0n) is 12.2. The van der Waals surface area contributed by atoms with E-state index in [1.165, 1.54) is 28.7 Å². The number of hydrogen-bond acceptors (Lipinski definition) is 8. The second kappa shape index (κ2) is 6.99. The van der Waals surface area contributed by atoms with Crippen LogP contribution in [0, 0.1) is 6.92 Å². The number of benzene rings is 1. The average molecular weight is 333 g/mol. The summed E-state index contributed by atoms with van der Waals surface area (Å²) in [6.45, 7) is 3.41. The van der Waals surface area contributed by atoms with E-state index in [1.54, 1.807) is 13.4 Å². The van der Waals surface area contributed by atoms with Crippen molar-refractivity contribution in [3.63, 3.8) is 0 Å². The largest absolute Gasteiger partial charge is 0.383 e. The van der Waals surface area contributed by atoms with Gasteiger partial charge in [0.15, 0.2) is 4.34 Å². The molecule has 0 atom stereocenters. The highest BCUT2D eigenvalue weighted by Gasteiger charge is 2.10. The summed E-state index contributed by atoms with van der Waals surface area (Å²) >= 11 is 3.01. The van der Waals surface area contributed by atoms with Gasteiger partial charge in [-0.25, -0.2) is 9.97 Å². The number of methoxy groups -OCH3 is 1. The molecule has 0 radical (unpaired) electrons. The summed E-state index contributed by atoms with van der Waals surface area (Å²) in [7, 11) is 1.67. The fourth-order valence-corrected chi connectivity index (χ4v) is 3.66. The van der Waals surface area contributed by atoms with Gasteiger partial charge in [0.2, 0.25) is 5.13 Å². The summed E-state index contributed by atoms with van der Waals surface area (Å²) in [5.74, 6) is 0. The quantitative estimate of drug-likeness (QED) is 0.549. The average Bonchev–Trinajstić information content (AvgIpc) is 2.96. The number of fused-ring (bicyclic) bond motifs is 1. The smallest absolute Gasteiger partial charge is 0.206 e. The van der Waals surface area contributed by atoms with Crippen molar-refractivity contribution in [1.82, 2.24) is 20.2 Å². The summed E-state index contributed by atoms with van der Waals surface area (Å²) in [5.41, 5.74) is 2.12. The third-order valence-electron chi connectivity index (χ3n) is 2.93. The van der Waals surface area contributed by atoms with Gasteiger partial charge in [-0.05, 0) is 30.8 Å². The normalized spacial score (nSPS) is 11.0. The SMILES string of the molecule is COCCNc1nnc(Sc2ncnc3ccc(C)cc23)s1. The molecule has 2 aromatic heterocycles. The highest BCUT2D eigenvalue weighted by atomic mass is 32.2. The number of aromatic nitrogens is 4. The number of anilines is 1. The van der Waals surface area contributed by atoms with Crippen LogP contribution in [0.3, 0.4) is 0 Å². The van der Waals surface area contributed by atoms with Crippen LogP contribution in [0.15, 0.2) is 33.9 Å². The molecule has 0 aliphatic rings. The van der Waals surface area contributed by atoms with E-state index in [1.807, 2.05) is 12.1 Å². The van der Waals surface area contributed by atoms with Gasteiger partial charge in [0.05, 0.1) is 12.1 Å². The van der Waals surface area contributed by atoms with E-state index in [0.29, 0.717) is 13.2 Å². The lowest BCUT2D eigenvalue weighted by molar-refractivity contribution is 0.211. The van der Waals surface area contributed by atoms with Crippen LogP contribution in [-0.2, 0) is 4.74 Å². The second-order valence-electron chi connectivity index (χ2n) is 4.59. The number of nitrogens with zero attached hydrogens (tertiary/aromatic N) is 4. The van der Waals surface area contributed by atoms with Crippen LogP contribution >= 0.6 is 23.1 Å². The van der Waals surface area contributed by atoms with Crippen LogP contribution in [0.4, 0.5) is 5.13 Å². The first kappa shape index (κ1) is 15.1. The molecule has 0 aliphatic heterocycles. The first-order valence-corrected chi connectivity index (χ1v) is 8.35. The van der Waals surface area contributed by atoms with Crippen molar-refractivity contribution in [2.75, 3.05) is 25.6 Å². The molecule has 1 aromatic carbocycles. The third kappa shape index (κ3) is 3.52. The lowest BCUT2D eigenvalue weighted by Crippen LogP contribution is -2.06. The zero-order chi connectivity index (χ0) is 15.4. The molecule has 0 saturated carbocycles. The second-order valence-corrected chi connectivity index (χ2v) is 6.81. The minimum Gasteiger partial charge on any atom is -0.383 e. The summed E-state index contributed by atoms with van der Waals surface area (Å²) in [6.07, 6.45) is 1.58. The molecule has 0 fully saturated rings. The van der Waals surface area contributed by atoms with Crippen molar-refractivity contribution in [1.29, 1.82) is 0 Å². The maximum atomic E-state index is 5.00. The number of hydrogen-bond donors (Lipinski definition) is 1. The summed E-state index contributed by atoms with van der Waals surface area (Å²) in [5, 5.41) is 14.2. The van der Waals surface area contributed by atoms with Crippen molar-refractivity contribution >= 4 is 39.1 Å². The van der Waals surface area contributed by atoms with Crippen molar-refractivity contribution in [3.8, 4) is 0 Å². The standard InChI is InChI=1S/C14H15N5OS2/c1-9-3-4-11-10(7-9)12(17-8-16-11)21-14-19-18-13(22-14)15-5-6-20-2/h3-4,7-8H,5-6H2,1-2H3,(H,15,18). The Kier molecular flexibility index (Phi) is 4.81. The minimum atomic E-state index is 0.637. The number of ether oxygens (including phenoxy) is 1. The van der Waals surface area contributed by atoms with Gasteiger partial charge < -0.3 is 10.1 Å². The molecule has 0 spiro atoms. The maximum absolute atomic E-state index is 5.00. The van der Waals surface area contributed by atoms with Gasteiger partial charge in [-0.1, -0.05) is 23.0 Å². The molecular formula is C14H15N5OS2. The van der Waals surface area contributed by atoms with E-state index < -0.39 is 0 Å². The Morgan fingerprint density at radius 3 is 3.05 bits per heavy atom. The van der Waals surface area contributed by atoms with Gasteiger partial charge in [0.1, 0.15) is 11.4 Å². The third-order valence-corrected chi connectivity index (χ3v) is 4.88. The minimum absolute atomic E-state index is 0.637. The van der Waals surface area contributed by atoms with Crippen molar-refractivity contribution in [3.05, 3.63) is 30.1 Å². The Morgan fingerprint density at radius 1 is 1.27 bits per heavy atom. The predicted octanol–water partition coefficient (Wildman–Crippen LogP) is 3.00. The molecule has 6 nitrogen and oxygen atoms in total. The number of rotatable bonds is 6. The number of aryl methyl sites for hydroxylation is 1. The molecular weight excluding hydrogens is 318 g/mol. The van der Waals surface area contributed by atoms with Crippen LogP contribution in [0.1, 0.15) is 5.56 Å². The van der Waals surface area contributed by atoms with Gasteiger partial charge in [-0.2, -0.15) is 0 Å². The van der Waals surface area contributed by atoms with E-state index in [9.17, 15) is 0 Å². The molecule has 8 heteroatoms. The molecule has 3 aromatic rings. The summed E-state index contributed by atoms with van der Waals surface area (Å²) in [4.78, 5) is 8.67. The molecule has 114 valence electrons. The fourth-order valence-electron chi connectivity index (χ4n) is 1.89. The molecule has 2 heterocycles. The highest BCUT2D eigenvalue weighted by Crippen LogP contribution is 2.34. The first-order valence-electron chi connectivity index (χ1n) is 6.72.